The Morgan fingerprint density at radius 3 is 2.59 bits per heavy atom. The number of benzene rings is 1. The molecule has 2 rings (SSSR count). The van der Waals surface area contributed by atoms with Gasteiger partial charge < -0.3 is 10.7 Å². The molecular weight excluding hydrogens is 224 g/mol. The summed E-state index contributed by atoms with van der Waals surface area (Å²) in [4.78, 5) is 7.16. The zero-order valence-corrected chi connectivity index (χ0v) is 9.85. The SMILES string of the molecule is CC(C)(N)CCc1nc2cc(F)c(F)cc2[nH]1. The molecule has 3 nitrogen and oxygen atoms in total. The van der Waals surface area contributed by atoms with Gasteiger partial charge in [0, 0.05) is 24.1 Å². The molecule has 0 aliphatic carbocycles. The van der Waals surface area contributed by atoms with Gasteiger partial charge in [0.05, 0.1) is 11.0 Å². The number of hydrogen-bond acceptors (Lipinski definition) is 2. The molecule has 0 aliphatic rings. The molecule has 1 aromatic heterocycles. The van der Waals surface area contributed by atoms with E-state index in [1.807, 2.05) is 13.8 Å². The summed E-state index contributed by atoms with van der Waals surface area (Å²) in [7, 11) is 0. The van der Waals surface area contributed by atoms with E-state index < -0.39 is 11.6 Å². The predicted octanol–water partition coefficient (Wildman–Crippen LogP) is 2.51. The summed E-state index contributed by atoms with van der Waals surface area (Å²) in [5, 5.41) is 0. The Hall–Kier alpha value is -1.49. The van der Waals surface area contributed by atoms with Gasteiger partial charge in [-0.15, -0.1) is 0 Å². The molecule has 92 valence electrons. The molecule has 0 bridgehead atoms. The van der Waals surface area contributed by atoms with Crippen molar-refractivity contribution in [3.63, 3.8) is 0 Å². The van der Waals surface area contributed by atoms with Gasteiger partial charge in [0.2, 0.25) is 0 Å². The van der Waals surface area contributed by atoms with Gasteiger partial charge in [0.1, 0.15) is 5.82 Å². The second kappa shape index (κ2) is 4.07. The number of aromatic amines is 1. The van der Waals surface area contributed by atoms with Gasteiger partial charge in [-0.2, -0.15) is 0 Å². The third-order valence-corrected chi connectivity index (χ3v) is 2.58. The molecule has 17 heavy (non-hydrogen) atoms. The van der Waals surface area contributed by atoms with Gasteiger partial charge in [-0.3, -0.25) is 0 Å². The van der Waals surface area contributed by atoms with E-state index in [-0.39, 0.29) is 5.54 Å². The van der Waals surface area contributed by atoms with Crippen LogP contribution in [-0.4, -0.2) is 15.5 Å². The molecule has 3 N–H and O–H groups in total. The van der Waals surface area contributed by atoms with E-state index in [1.54, 1.807) is 0 Å². The Morgan fingerprint density at radius 2 is 1.94 bits per heavy atom. The van der Waals surface area contributed by atoms with Gasteiger partial charge in [0.15, 0.2) is 11.6 Å². The summed E-state index contributed by atoms with van der Waals surface area (Å²) >= 11 is 0. The van der Waals surface area contributed by atoms with Crippen molar-refractivity contribution in [1.29, 1.82) is 0 Å². The second-order valence-corrected chi connectivity index (χ2v) is 4.96. The minimum atomic E-state index is -0.880. The number of nitrogens with zero attached hydrogens (tertiary/aromatic N) is 1. The highest BCUT2D eigenvalue weighted by Crippen LogP contribution is 2.17. The highest BCUT2D eigenvalue weighted by Gasteiger charge is 2.13. The predicted molar refractivity (Wildman–Crippen MR) is 62.6 cm³/mol. The molecule has 1 aromatic carbocycles. The molecule has 0 radical (unpaired) electrons. The van der Waals surface area contributed by atoms with Gasteiger partial charge in [-0.1, -0.05) is 0 Å². The first kappa shape index (κ1) is 12.0. The maximum absolute atomic E-state index is 13.0. The van der Waals surface area contributed by atoms with Crippen LogP contribution in [0.1, 0.15) is 26.1 Å². The van der Waals surface area contributed by atoms with E-state index in [4.69, 9.17) is 5.73 Å². The van der Waals surface area contributed by atoms with Gasteiger partial charge in [0.25, 0.3) is 0 Å². The molecule has 0 amide bonds. The average Bonchev–Trinajstić information content (AvgIpc) is 2.57. The lowest BCUT2D eigenvalue weighted by Gasteiger charge is -2.16. The van der Waals surface area contributed by atoms with E-state index in [2.05, 4.69) is 9.97 Å². The van der Waals surface area contributed by atoms with Crippen molar-refractivity contribution < 1.29 is 8.78 Å². The second-order valence-electron chi connectivity index (χ2n) is 4.96. The van der Waals surface area contributed by atoms with Crippen LogP contribution in [0.15, 0.2) is 12.1 Å². The number of aromatic nitrogens is 2. The summed E-state index contributed by atoms with van der Waals surface area (Å²) in [5.74, 6) is -1.05. The molecule has 0 saturated heterocycles. The van der Waals surface area contributed by atoms with Crippen molar-refractivity contribution in [2.45, 2.75) is 32.2 Å². The van der Waals surface area contributed by atoms with Crippen LogP contribution in [-0.2, 0) is 6.42 Å². The Bertz CT molecular complexity index is 501. The number of rotatable bonds is 3. The maximum atomic E-state index is 13.0. The number of fused-ring (bicyclic) bond motifs is 1. The number of nitrogens with one attached hydrogen (secondary N) is 1. The van der Waals surface area contributed by atoms with Crippen molar-refractivity contribution in [2.24, 2.45) is 5.73 Å². The molecular formula is C12H15F2N3. The quantitative estimate of drug-likeness (QED) is 0.864. The van der Waals surface area contributed by atoms with Crippen LogP contribution >= 0.6 is 0 Å². The zero-order chi connectivity index (χ0) is 12.6. The first-order valence-electron chi connectivity index (χ1n) is 5.48. The van der Waals surface area contributed by atoms with Gasteiger partial charge >= 0.3 is 0 Å². The lowest BCUT2D eigenvalue weighted by molar-refractivity contribution is 0.472. The molecule has 1 heterocycles. The highest BCUT2D eigenvalue weighted by molar-refractivity contribution is 5.75. The van der Waals surface area contributed by atoms with Gasteiger partial charge in [-0.25, -0.2) is 13.8 Å². The Morgan fingerprint density at radius 1 is 1.29 bits per heavy atom. The van der Waals surface area contributed by atoms with Crippen molar-refractivity contribution in [3.8, 4) is 0 Å². The van der Waals surface area contributed by atoms with Crippen LogP contribution in [0.2, 0.25) is 0 Å². The number of hydrogen-bond donors (Lipinski definition) is 2. The minimum absolute atomic E-state index is 0.282. The number of aryl methyl sites for hydroxylation is 1. The van der Waals surface area contributed by atoms with E-state index in [0.717, 1.165) is 18.6 Å². The van der Waals surface area contributed by atoms with Crippen molar-refractivity contribution >= 4 is 11.0 Å². The van der Waals surface area contributed by atoms with Crippen LogP contribution in [0, 0.1) is 11.6 Å². The normalized spacial score (nSPS) is 12.3. The monoisotopic (exact) mass is 239 g/mol. The summed E-state index contributed by atoms with van der Waals surface area (Å²) in [5.41, 5.74) is 6.53. The number of nitrogens with two attached hydrogens (primary N) is 1. The fraction of sp³-hybridized carbons (Fsp3) is 0.417. The molecule has 2 aromatic rings. The van der Waals surface area contributed by atoms with E-state index in [0.29, 0.717) is 23.3 Å². The minimum Gasteiger partial charge on any atom is -0.342 e. The van der Waals surface area contributed by atoms with Crippen molar-refractivity contribution in [3.05, 3.63) is 29.6 Å². The first-order valence-corrected chi connectivity index (χ1v) is 5.48. The van der Waals surface area contributed by atoms with Crippen molar-refractivity contribution in [2.75, 3.05) is 0 Å². The third kappa shape index (κ3) is 2.79. The fourth-order valence-electron chi connectivity index (χ4n) is 1.62. The van der Waals surface area contributed by atoms with E-state index in [9.17, 15) is 8.78 Å². The van der Waals surface area contributed by atoms with Gasteiger partial charge in [-0.05, 0) is 20.3 Å². The topological polar surface area (TPSA) is 54.7 Å². The summed E-state index contributed by atoms with van der Waals surface area (Å²) in [6, 6.07) is 2.22. The molecule has 0 aliphatic heterocycles. The van der Waals surface area contributed by atoms with Crippen LogP contribution < -0.4 is 5.73 Å². The van der Waals surface area contributed by atoms with E-state index in [1.165, 1.54) is 0 Å². The van der Waals surface area contributed by atoms with E-state index >= 15 is 0 Å². The standard InChI is InChI=1S/C12H15F2N3/c1-12(2,15)4-3-11-16-9-5-7(13)8(14)6-10(9)17-11/h5-6H,3-4,15H2,1-2H3,(H,16,17). The molecule has 0 saturated carbocycles. The Labute approximate surface area is 98.0 Å². The number of H-pyrrole nitrogens is 1. The fourth-order valence-corrected chi connectivity index (χ4v) is 1.62. The summed E-state index contributed by atoms with van der Waals surface area (Å²) < 4.78 is 26.0. The molecule has 5 heteroatoms. The number of halogens is 2. The number of imidazole rings is 1. The van der Waals surface area contributed by atoms with Crippen LogP contribution in [0.5, 0.6) is 0 Å². The van der Waals surface area contributed by atoms with Crippen molar-refractivity contribution in [1.82, 2.24) is 9.97 Å². The van der Waals surface area contributed by atoms with Crippen LogP contribution in [0.3, 0.4) is 0 Å². The summed E-state index contributed by atoms with van der Waals surface area (Å²) in [6.07, 6.45) is 1.40. The zero-order valence-electron chi connectivity index (χ0n) is 9.85. The first-order chi connectivity index (χ1) is 7.85. The largest absolute Gasteiger partial charge is 0.342 e. The smallest absolute Gasteiger partial charge is 0.161 e. The van der Waals surface area contributed by atoms with Crippen LogP contribution in [0.25, 0.3) is 11.0 Å². The molecule has 0 fully saturated rings. The highest BCUT2D eigenvalue weighted by atomic mass is 19.2. The summed E-state index contributed by atoms with van der Waals surface area (Å²) in [6.45, 7) is 3.85. The molecule has 0 atom stereocenters. The Balaban J connectivity index is 2.26. The average molecular weight is 239 g/mol. The molecule has 0 spiro atoms. The van der Waals surface area contributed by atoms with Crippen LogP contribution in [0.4, 0.5) is 8.78 Å². The molecule has 0 unspecified atom stereocenters. The maximum Gasteiger partial charge on any atom is 0.161 e. The Kier molecular flexibility index (Phi) is 2.87. The lowest BCUT2D eigenvalue weighted by Crippen LogP contribution is -2.32. The lowest BCUT2D eigenvalue weighted by atomic mass is 10.0. The third-order valence-electron chi connectivity index (χ3n) is 2.58.